The van der Waals surface area contributed by atoms with Crippen LogP contribution in [0.1, 0.15) is 36.1 Å². The van der Waals surface area contributed by atoms with Crippen LogP contribution in [0, 0.1) is 20.8 Å². The molecule has 0 spiro atoms. The normalized spacial score (nSPS) is 11.9. The number of rotatable bonds is 5. The summed E-state index contributed by atoms with van der Waals surface area (Å²) in [5, 5.41) is 12.9. The first-order valence-corrected chi connectivity index (χ1v) is 6.29. The van der Waals surface area contributed by atoms with Gasteiger partial charge in [0, 0.05) is 6.54 Å². The molecule has 2 heteroatoms. The van der Waals surface area contributed by atoms with Gasteiger partial charge in [0.15, 0.2) is 0 Å². The van der Waals surface area contributed by atoms with Gasteiger partial charge in [0.05, 0.1) is 5.60 Å². The lowest BCUT2D eigenvalue weighted by Gasteiger charge is -2.18. The standard InChI is InChI=1S/C15H25NO/c1-11-8-13(3)14(9-12(11)2)6-7-16-10-15(4,5)17/h8-9,16-17H,6-7,10H2,1-5H3. The van der Waals surface area contributed by atoms with E-state index >= 15 is 0 Å². The van der Waals surface area contributed by atoms with E-state index in [1.807, 2.05) is 13.8 Å². The predicted octanol–water partition coefficient (Wildman–Crippen LogP) is 2.51. The highest BCUT2D eigenvalue weighted by molar-refractivity contribution is 5.36. The fraction of sp³-hybridized carbons (Fsp3) is 0.600. The van der Waals surface area contributed by atoms with E-state index in [4.69, 9.17) is 0 Å². The molecular weight excluding hydrogens is 210 g/mol. The van der Waals surface area contributed by atoms with Gasteiger partial charge in [-0.3, -0.25) is 0 Å². The van der Waals surface area contributed by atoms with Crippen LogP contribution in [-0.4, -0.2) is 23.8 Å². The Morgan fingerprint density at radius 1 is 1.06 bits per heavy atom. The van der Waals surface area contributed by atoms with Gasteiger partial charge >= 0.3 is 0 Å². The maximum atomic E-state index is 9.59. The van der Waals surface area contributed by atoms with E-state index in [2.05, 4.69) is 38.2 Å². The number of hydrogen-bond donors (Lipinski definition) is 2. The second kappa shape index (κ2) is 5.65. The van der Waals surface area contributed by atoms with E-state index in [9.17, 15) is 5.11 Å². The van der Waals surface area contributed by atoms with Crippen LogP contribution in [0.15, 0.2) is 12.1 Å². The Bertz CT molecular complexity index is 377. The molecule has 0 bridgehead atoms. The number of aryl methyl sites for hydroxylation is 3. The van der Waals surface area contributed by atoms with Crippen molar-refractivity contribution in [3.63, 3.8) is 0 Å². The molecule has 1 aromatic rings. The first kappa shape index (κ1) is 14.2. The number of benzene rings is 1. The minimum atomic E-state index is -0.627. The molecule has 2 nitrogen and oxygen atoms in total. The van der Waals surface area contributed by atoms with Gasteiger partial charge in [0.1, 0.15) is 0 Å². The van der Waals surface area contributed by atoms with Crippen molar-refractivity contribution in [2.75, 3.05) is 13.1 Å². The van der Waals surface area contributed by atoms with Crippen LogP contribution in [-0.2, 0) is 6.42 Å². The first-order valence-electron chi connectivity index (χ1n) is 6.29. The Morgan fingerprint density at radius 3 is 2.24 bits per heavy atom. The fourth-order valence-electron chi connectivity index (χ4n) is 1.91. The van der Waals surface area contributed by atoms with Gasteiger partial charge in [-0.25, -0.2) is 0 Å². The fourth-order valence-corrected chi connectivity index (χ4v) is 1.91. The number of aliphatic hydroxyl groups is 1. The van der Waals surface area contributed by atoms with Crippen molar-refractivity contribution in [2.45, 2.75) is 46.6 Å². The zero-order valence-corrected chi connectivity index (χ0v) is 11.7. The lowest BCUT2D eigenvalue weighted by molar-refractivity contribution is 0.0801. The molecule has 0 radical (unpaired) electrons. The lowest BCUT2D eigenvalue weighted by atomic mass is 9.99. The summed E-state index contributed by atoms with van der Waals surface area (Å²) in [6, 6.07) is 4.52. The van der Waals surface area contributed by atoms with Crippen LogP contribution < -0.4 is 5.32 Å². The summed E-state index contributed by atoms with van der Waals surface area (Å²) in [6.45, 7) is 11.7. The summed E-state index contributed by atoms with van der Waals surface area (Å²) in [7, 11) is 0. The van der Waals surface area contributed by atoms with Gasteiger partial charge in [0.25, 0.3) is 0 Å². The zero-order valence-electron chi connectivity index (χ0n) is 11.7. The molecule has 0 fully saturated rings. The molecule has 2 N–H and O–H groups in total. The third kappa shape index (κ3) is 4.88. The van der Waals surface area contributed by atoms with Gasteiger partial charge in [-0.05, 0) is 69.8 Å². The highest BCUT2D eigenvalue weighted by Crippen LogP contribution is 2.15. The summed E-state index contributed by atoms with van der Waals surface area (Å²) in [4.78, 5) is 0. The lowest BCUT2D eigenvalue weighted by Crippen LogP contribution is -2.35. The van der Waals surface area contributed by atoms with Crippen molar-refractivity contribution in [3.05, 3.63) is 34.4 Å². The highest BCUT2D eigenvalue weighted by atomic mass is 16.3. The Morgan fingerprint density at radius 2 is 1.65 bits per heavy atom. The summed E-state index contributed by atoms with van der Waals surface area (Å²) in [6.07, 6.45) is 1.02. The second-order valence-electron chi connectivity index (χ2n) is 5.60. The molecule has 0 heterocycles. The molecule has 0 aliphatic carbocycles. The van der Waals surface area contributed by atoms with Crippen molar-refractivity contribution in [3.8, 4) is 0 Å². The Hall–Kier alpha value is -0.860. The van der Waals surface area contributed by atoms with Crippen molar-refractivity contribution < 1.29 is 5.11 Å². The van der Waals surface area contributed by atoms with Gasteiger partial charge in [-0.15, -0.1) is 0 Å². The quantitative estimate of drug-likeness (QED) is 0.769. The molecule has 96 valence electrons. The number of nitrogens with one attached hydrogen (secondary N) is 1. The Kier molecular flexibility index (Phi) is 4.72. The van der Waals surface area contributed by atoms with E-state index in [1.165, 1.54) is 22.3 Å². The van der Waals surface area contributed by atoms with Crippen molar-refractivity contribution in [1.29, 1.82) is 0 Å². The van der Waals surface area contributed by atoms with E-state index in [0.29, 0.717) is 6.54 Å². The van der Waals surface area contributed by atoms with E-state index in [1.54, 1.807) is 0 Å². The monoisotopic (exact) mass is 235 g/mol. The van der Waals surface area contributed by atoms with Crippen molar-refractivity contribution in [1.82, 2.24) is 5.32 Å². The minimum absolute atomic E-state index is 0.627. The molecule has 0 aliphatic rings. The molecule has 0 saturated carbocycles. The van der Waals surface area contributed by atoms with E-state index in [0.717, 1.165) is 13.0 Å². The van der Waals surface area contributed by atoms with Crippen LogP contribution in [0.25, 0.3) is 0 Å². The summed E-state index contributed by atoms with van der Waals surface area (Å²) < 4.78 is 0. The highest BCUT2D eigenvalue weighted by Gasteiger charge is 2.10. The SMILES string of the molecule is Cc1cc(C)c(CCNCC(C)(C)O)cc1C. The van der Waals surface area contributed by atoms with Crippen molar-refractivity contribution >= 4 is 0 Å². The van der Waals surface area contributed by atoms with Gasteiger partial charge in [-0.1, -0.05) is 12.1 Å². The molecule has 17 heavy (non-hydrogen) atoms. The zero-order chi connectivity index (χ0) is 13.1. The molecule has 1 rings (SSSR count). The maximum absolute atomic E-state index is 9.59. The molecule has 0 saturated heterocycles. The second-order valence-corrected chi connectivity index (χ2v) is 5.60. The Balaban J connectivity index is 2.50. The number of hydrogen-bond acceptors (Lipinski definition) is 2. The third-order valence-corrected chi connectivity index (χ3v) is 3.08. The van der Waals surface area contributed by atoms with E-state index < -0.39 is 5.60 Å². The topological polar surface area (TPSA) is 32.3 Å². The molecule has 0 amide bonds. The van der Waals surface area contributed by atoms with Gasteiger partial charge in [0.2, 0.25) is 0 Å². The molecule has 0 atom stereocenters. The van der Waals surface area contributed by atoms with Gasteiger partial charge in [-0.2, -0.15) is 0 Å². The average Bonchev–Trinajstić information content (AvgIpc) is 2.18. The molecule has 1 aromatic carbocycles. The molecular formula is C15H25NO. The smallest absolute Gasteiger partial charge is 0.0715 e. The molecule has 0 aliphatic heterocycles. The van der Waals surface area contributed by atoms with Crippen LogP contribution in [0.3, 0.4) is 0 Å². The summed E-state index contributed by atoms with van der Waals surface area (Å²) >= 11 is 0. The van der Waals surface area contributed by atoms with Crippen LogP contribution >= 0.6 is 0 Å². The van der Waals surface area contributed by atoms with Crippen LogP contribution in [0.5, 0.6) is 0 Å². The molecule has 0 unspecified atom stereocenters. The minimum Gasteiger partial charge on any atom is -0.389 e. The average molecular weight is 235 g/mol. The third-order valence-electron chi connectivity index (χ3n) is 3.08. The van der Waals surface area contributed by atoms with E-state index in [-0.39, 0.29) is 0 Å². The molecule has 0 aromatic heterocycles. The van der Waals surface area contributed by atoms with Gasteiger partial charge < -0.3 is 10.4 Å². The largest absolute Gasteiger partial charge is 0.389 e. The summed E-state index contributed by atoms with van der Waals surface area (Å²) in [5.74, 6) is 0. The first-order chi connectivity index (χ1) is 7.79. The maximum Gasteiger partial charge on any atom is 0.0715 e. The summed E-state index contributed by atoms with van der Waals surface area (Å²) in [5.41, 5.74) is 4.84. The van der Waals surface area contributed by atoms with Crippen molar-refractivity contribution in [2.24, 2.45) is 0 Å². The van der Waals surface area contributed by atoms with Crippen LogP contribution in [0.2, 0.25) is 0 Å². The Labute approximate surface area is 105 Å². The predicted molar refractivity (Wildman–Crippen MR) is 73.5 cm³/mol. The van der Waals surface area contributed by atoms with Crippen LogP contribution in [0.4, 0.5) is 0 Å².